The van der Waals surface area contributed by atoms with Crippen LogP contribution in [0.4, 0.5) is 21.0 Å². The van der Waals surface area contributed by atoms with Gasteiger partial charge >= 0.3 is 12.1 Å². The van der Waals surface area contributed by atoms with Gasteiger partial charge in [0.2, 0.25) is 0 Å². The predicted octanol–water partition coefficient (Wildman–Crippen LogP) is 6.19. The van der Waals surface area contributed by atoms with Crippen LogP contribution >= 0.6 is 0 Å². The van der Waals surface area contributed by atoms with E-state index in [-0.39, 0.29) is 29.0 Å². The molecular formula is C30H42N4O3. The zero-order valence-electron chi connectivity index (χ0n) is 22.9. The summed E-state index contributed by atoms with van der Waals surface area (Å²) in [5.74, 6) is 0.708. The summed E-state index contributed by atoms with van der Waals surface area (Å²) < 4.78 is 6.42. The van der Waals surface area contributed by atoms with Gasteiger partial charge in [0.05, 0.1) is 12.7 Å². The number of hydrogen-bond acceptors (Lipinski definition) is 3. The lowest BCUT2D eigenvalue weighted by molar-refractivity contribution is -0.0494. The highest BCUT2D eigenvalue weighted by molar-refractivity contribution is 5.90. The first-order valence-electron chi connectivity index (χ1n) is 13.4. The van der Waals surface area contributed by atoms with Gasteiger partial charge < -0.3 is 25.6 Å². The van der Waals surface area contributed by atoms with Crippen molar-refractivity contribution in [1.82, 2.24) is 10.2 Å². The van der Waals surface area contributed by atoms with Gasteiger partial charge in [0.25, 0.3) is 0 Å². The maximum Gasteiger partial charge on any atom is 0.321 e. The van der Waals surface area contributed by atoms with E-state index in [1.807, 2.05) is 62.4 Å². The van der Waals surface area contributed by atoms with Crippen molar-refractivity contribution in [2.24, 2.45) is 16.7 Å². The second kappa shape index (κ2) is 11.1. The number of nitrogens with one attached hydrogen (secondary N) is 3. The highest BCUT2D eigenvalue weighted by Crippen LogP contribution is 2.66. The monoisotopic (exact) mass is 506 g/mol. The Morgan fingerprint density at radius 2 is 1.51 bits per heavy atom. The van der Waals surface area contributed by atoms with Crippen molar-refractivity contribution in [2.45, 2.75) is 60.0 Å². The minimum atomic E-state index is -0.295. The molecule has 200 valence electrons. The molecule has 2 aromatic rings. The van der Waals surface area contributed by atoms with Gasteiger partial charge in [-0.25, -0.2) is 9.59 Å². The third-order valence-electron chi connectivity index (χ3n) is 8.96. The number of hydrogen-bond donors (Lipinski definition) is 3. The molecule has 2 bridgehead atoms. The minimum Gasteiger partial charge on any atom is -0.376 e. The van der Waals surface area contributed by atoms with Gasteiger partial charge in [-0.05, 0) is 74.1 Å². The van der Waals surface area contributed by atoms with Crippen LogP contribution in [0.3, 0.4) is 0 Å². The number of carbonyl (C=O) groups excluding carboxylic acids is 2. The molecule has 0 spiro atoms. The molecule has 3 unspecified atom stereocenters. The van der Waals surface area contributed by atoms with Crippen LogP contribution in [0.2, 0.25) is 0 Å². The Kier molecular flexibility index (Phi) is 8.12. The summed E-state index contributed by atoms with van der Waals surface area (Å²) in [5.41, 5.74) is 4.21. The molecule has 37 heavy (non-hydrogen) atoms. The van der Waals surface area contributed by atoms with Crippen molar-refractivity contribution in [3.63, 3.8) is 0 Å². The smallest absolute Gasteiger partial charge is 0.321 e. The Labute approximate surface area is 221 Å². The van der Waals surface area contributed by atoms with Crippen LogP contribution in [0.5, 0.6) is 0 Å². The van der Waals surface area contributed by atoms with Crippen LogP contribution in [0.15, 0.2) is 48.5 Å². The van der Waals surface area contributed by atoms with Crippen LogP contribution in [-0.2, 0) is 4.74 Å². The number of nitrogens with zero attached hydrogens (tertiary/aromatic N) is 1. The summed E-state index contributed by atoms with van der Waals surface area (Å²) >= 11 is 0. The van der Waals surface area contributed by atoms with Gasteiger partial charge in [0.15, 0.2) is 0 Å². The van der Waals surface area contributed by atoms with Crippen molar-refractivity contribution in [2.75, 3.05) is 36.9 Å². The fourth-order valence-corrected chi connectivity index (χ4v) is 5.96. The van der Waals surface area contributed by atoms with Crippen molar-refractivity contribution in [1.29, 1.82) is 0 Å². The first kappa shape index (κ1) is 27.0. The SMILES string of the molecule is Cc1ccc(NC(=O)NCCN(CCOC2CC3CCC2(C)C3(C)C)C(=O)Nc2ccc(C)cc2)cc1. The zero-order chi connectivity index (χ0) is 26.6. The second-order valence-corrected chi connectivity index (χ2v) is 11.5. The normalized spacial score (nSPS) is 23.5. The predicted molar refractivity (Wildman–Crippen MR) is 149 cm³/mol. The summed E-state index contributed by atoms with van der Waals surface area (Å²) in [4.78, 5) is 27.2. The number of rotatable bonds is 9. The van der Waals surface area contributed by atoms with Crippen molar-refractivity contribution in [3.8, 4) is 0 Å². The summed E-state index contributed by atoms with van der Waals surface area (Å²) in [6.07, 6.45) is 3.80. The first-order valence-corrected chi connectivity index (χ1v) is 13.4. The van der Waals surface area contributed by atoms with Gasteiger partial charge in [-0.1, -0.05) is 56.2 Å². The number of anilines is 2. The molecule has 0 radical (unpaired) electrons. The van der Waals surface area contributed by atoms with Gasteiger partial charge in [-0.3, -0.25) is 0 Å². The minimum absolute atomic E-state index is 0.183. The molecule has 0 aliphatic heterocycles. The summed E-state index contributed by atoms with van der Waals surface area (Å²) in [7, 11) is 0. The van der Waals surface area contributed by atoms with E-state index in [2.05, 4.69) is 36.7 Å². The molecule has 0 heterocycles. The van der Waals surface area contributed by atoms with E-state index in [9.17, 15) is 9.59 Å². The zero-order valence-corrected chi connectivity index (χ0v) is 22.9. The summed E-state index contributed by atoms with van der Waals surface area (Å²) in [5, 5.41) is 8.67. The van der Waals surface area contributed by atoms with Gasteiger partial charge in [-0.15, -0.1) is 0 Å². The van der Waals surface area contributed by atoms with E-state index in [0.29, 0.717) is 32.2 Å². The number of aryl methyl sites for hydroxylation is 2. The van der Waals surface area contributed by atoms with Crippen LogP contribution in [0.25, 0.3) is 0 Å². The van der Waals surface area contributed by atoms with Crippen LogP contribution in [0.1, 0.15) is 51.2 Å². The molecule has 2 saturated carbocycles. The molecule has 7 nitrogen and oxygen atoms in total. The van der Waals surface area contributed by atoms with Crippen molar-refractivity contribution < 1.29 is 14.3 Å². The number of fused-ring (bicyclic) bond motifs is 2. The fourth-order valence-electron chi connectivity index (χ4n) is 5.96. The molecule has 3 atom stereocenters. The molecule has 2 fully saturated rings. The lowest BCUT2D eigenvalue weighted by atomic mass is 9.70. The number of carbonyl (C=O) groups is 2. The Balaban J connectivity index is 1.31. The highest BCUT2D eigenvalue weighted by atomic mass is 16.5. The van der Waals surface area contributed by atoms with Gasteiger partial charge in [-0.2, -0.15) is 0 Å². The van der Waals surface area contributed by atoms with Crippen molar-refractivity contribution in [3.05, 3.63) is 59.7 Å². The van der Waals surface area contributed by atoms with E-state index < -0.39 is 0 Å². The third-order valence-corrected chi connectivity index (χ3v) is 8.96. The molecule has 0 aromatic heterocycles. The molecule has 3 N–H and O–H groups in total. The van der Waals surface area contributed by atoms with Crippen LogP contribution in [0, 0.1) is 30.6 Å². The van der Waals surface area contributed by atoms with E-state index in [1.54, 1.807) is 4.90 Å². The molecular weight excluding hydrogens is 464 g/mol. The van der Waals surface area contributed by atoms with E-state index >= 15 is 0 Å². The van der Waals surface area contributed by atoms with Gasteiger partial charge in [0.1, 0.15) is 0 Å². The Morgan fingerprint density at radius 3 is 2.05 bits per heavy atom. The lowest BCUT2D eigenvalue weighted by Crippen LogP contribution is -2.44. The first-order chi connectivity index (χ1) is 17.6. The fraction of sp³-hybridized carbons (Fsp3) is 0.533. The molecule has 4 rings (SSSR count). The maximum atomic E-state index is 13.1. The molecule has 2 aliphatic rings. The molecule has 2 aromatic carbocycles. The average molecular weight is 507 g/mol. The number of ether oxygens (including phenoxy) is 1. The summed E-state index contributed by atoms with van der Waals surface area (Å²) in [6.45, 7) is 12.8. The van der Waals surface area contributed by atoms with Crippen LogP contribution < -0.4 is 16.0 Å². The Bertz CT molecular complexity index is 1080. The third kappa shape index (κ3) is 6.09. The summed E-state index contributed by atoms with van der Waals surface area (Å²) in [6, 6.07) is 14.9. The van der Waals surface area contributed by atoms with E-state index in [1.165, 1.54) is 12.8 Å². The molecule has 0 saturated heterocycles. The van der Waals surface area contributed by atoms with Crippen molar-refractivity contribution >= 4 is 23.4 Å². The molecule has 4 amide bonds. The number of urea groups is 2. The topological polar surface area (TPSA) is 82.7 Å². The van der Waals surface area contributed by atoms with E-state index in [0.717, 1.165) is 28.9 Å². The van der Waals surface area contributed by atoms with Crippen LogP contribution in [-0.4, -0.2) is 49.3 Å². The average Bonchev–Trinajstić information content (AvgIpc) is 3.19. The standard InChI is InChI=1S/C30H42N4O3/c1-21-6-10-24(11-7-21)32-27(35)31-16-17-34(28(36)33-25-12-8-22(2)9-13-25)18-19-37-26-20-23-14-15-30(26,5)29(23,3)4/h6-13,23,26H,14-20H2,1-5H3,(H,33,36)(H2,31,32,35). The quantitative estimate of drug-likeness (QED) is 0.379. The Hall–Kier alpha value is -3.06. The number of benzene rings is 2. The van der Waals surface area contributed by atoms with E-state index in [4.69, 9.17) is 4.74 Å². The number of amides is 4. The molecule has 2 aliphatic carbocycles. The Morgan fingerprint density at radius 1 is 0.919 bits per heavy atom. The second-order valence-electron chi connectivity index (χ2n) is 11.5. The molecule has 7 heteroatoms. The largest absolute Gasteiger partial charge is 0.376 e. The lowest BCUT2D eigenvalue weighted by Gasteiger charge is -2.39. The van der Waals surface area contributed by atoms with Gasteiger partial charge in [0, 0.05) is 31.0 Å². The highest BCUT2D eigenvalue weighted by Gasteiger charge is 2.61. The maximum absolute atomic E-state index is 13.1.